The maximum absolute atomic E-state index is 12.2. The van der Waals surface area contributed by atoms with E-state index in [0.29, 0.717) is 11.2 Å². The van der Waals surface area contributed by atoms with E-state index in [1.54, 1.807) is 6.07 Å². The Morgan fingerprint density at radius 2 is 2.05 bits per heavy atom. The van der Waals surface area contributed by atoms with Gasteiger partial charge in [0.2, 0.25) is 10.0 Å². The van der Waals surface area contributed by atoms with Gasteiger partial charge in [-0.15, -0.1) is 0 Å². The van der Waals surface area contributed by atoms with E-state index in [4.69, 9.17) is 5.73 Å². The van der Waals surface area contributed by atoms with E-state index in [0.717, 1.165) is 4.31 Å². The largest absolute Gasteiger partial charge is 0.365 e. The van der Waals surface area contributed by atoms with Crippen LogP contribution in [0, 0.1) is 0 Å². The summed E-state index contributed by atoms with van der Waals surface area (Å²) in [6.07, 6.45) is 1.01. The summed E-state index contributed by atoms with van der Waals surface area (Å²) in [7, 11) is -0.755. The van der Waals surface area contributed by atoms with Crippen LogP contribution in [-0.2, 0) is 10.0 Å². The van der Waals surface area contributed by atoms with Gasteiger partial charge in [0.25, 0.3) is 0 Å². The molecule has 0 amide bonds. The predicted molar refractivity (Wildman–Crippen MR) is 74.5 cm³/mol. The van der Waals surface area contributed by atoms with Crippen LogP contribution >= 0.6 is 0 Å². The number of sulfonamides is 1. The third kappa shape index (κ3) is 2.38. The van der Waals surface area contributed by atoms with Gasteiger partial charge in [-0.1, -0.05) is 12.7 Å². The van der Waals surface area contributed by atoms with Gasteiger partial charge in [-0.2, -0.15) is 0 Å². The van der Waals surface area contributed by atoms with Crippen molar-refractivity contribution in [3.05, 3.63) is 24.8 Å². The highest BCUT2D eigenvalue weighted by Crippen LogP contribution is 2.28. The lowest BCUT2D eigenvalue weighted by molar-refractivity contribution is 0.315. The molecule has 2 rings (SSSR count). The van der Waals surface area contributed by atoms with Crippen LogP contribution in [0.25, 0.3) is 11.0 Å². The second-order valence-electron chi connectivity index (χ2n) is 4.27. The summed E-state index contributed by atoms with van der Waals surface area (Å²) >= 11 is 0. The highest BCUT2D eigenvalue weighted by molar-refractivity contribution is 7.89. The zero-order valence-electron chi connectivity index (χ0n) is 11.1. The number of aromatic nitrogens is 2. The monoisotopic (exact) mass is 297 g/mol. The molecule has 2 aromatic rings. The molecule has 0 saturated heterocycles. The van der Waals surface area contributed by atoms with Crippen molar-refractivity contribution in [2.75, 3.05) is 19.4 Å². The van der Waals surface area contributed by atoms with Gasteiger partial charge in [0.1, 0.15) is 4.90 Å². The first-order chi connectivity index (χ1) is 9.37. The zero-order chi connectivity index (χ0) is 14.9. The second-order valence-corrected chi connectivity index (χ2v) is 6.39. The Hall–Kier alpha value is -1.97. The van der Waals surface area contributed by atoms with Crippen molar-refractivity contribution in [1.82, 2.24) is 14.6 Å². The van der Waals surface area contributed by atoms with Crippen molar-refractivity contribution >= 4 is 26.7 Å². The van der Waals surface area contributed by atoms with Gasteiger partial charge in [0.15, 0.2) is 11.0 Å². The van der Waals surface area contributed by atoms with E-state index in [1.807, 2.05) is 0 Å². The first kappa shape index (κ1) is 14.4. The maximum Gasteiger partial charge on any atom is 0.244 e. The van der Waals surface area contributed by atoms with E-state index >= 15 is 0 Å². The van der Waals surface area contributed by atoms with Crippen LogP contribution in [0.5, 0.6) is 0 Å². The zero-order valence-corrected chi connectivity index (χ0v) is 11.9. The third-order valence-corrected chi connectivity index (χ3v) is 4.56. The molecule has 108 valence electrons. The molecular weight excluding hydrogens is 282 g/mol. The number of nitrogens with zero attached hydrogens (tertiary/aromatic N) is 3. The normalized spacial score (nSPS) is 13.6. The summed E-state index contributed by atoms with van der Waals surface area (Å²) in [5.74, 6) is 0. The minimum absolute atomic E-state index is 0.0245. The number of hydrogen-bond donors (Lipinski definition) is 2. The van der Waals surface area contributed by atoms with E-state index in [2.05, 4.69) is 26.8 Å². The van der Waals surface area contributed by atoms with Crippen molar-refractivity contribution in [1.29, 1.82) is 0 Å². The van der Waals surface area contributed by atoms with Crippen LogP contribution in [-0.4, -0.2) is 43.3 Å². The summed E-state index contributed by atoms with van der Waals surface area (Å²) in [6, 6.07) is 2.99. The quantitative estimate of drug-likeness (QED) is 0.604. The Kier molecular flexibility index (Phi) is 3.75. The molecule has 0 radical (unpaired) electrons. The maximum atomic E-state index is 12.2. The van der Waals surface area contributed by atoms with Crippen molar-refractivity contribution in [3.8, 4) is 0 Å². The molecule has 1 heterocycles. The summed E-state index contributed by atoms with van der Waals surface area (Å²) in [6.45, 7) is 3.55. The fourth-order valence-corrected chi connectivity index (χ4v) is 2.62. The van der Waals surface area contributed by atoms with Gasteiger partial charge in [0.05, 0.1) is 11.9 Å². The van der Waals surface area contributed by atoms with E-state index < -0.39 is 16.2 Å². The molecule has 0 aliphatic rings. The van der Waals surface area contributed by atoms with Gasteiger partial charge >= 0.3 is 0 Å². The number of rotatable bonds is 5. The van der Waals surface area contributed by atoms with Crippen LogP contribution in [0.15, 0.2) is 34.3 Å². The number of fused-ring (bicyclic) bond motifs is 1. The molecule has 8 nitrogen and oxygen atoms in total. The molecular formula is C11H15N5O3S. The van der Waals surface area contributed by atoms with Crippen LogP contribution in [0.1, 0.15) is 0 Å². The standard InChI is InChI=1S/C11H15N5O3S/c1-4-9(12)13-7-5-6-8(20(17,18)16(2)3)11-10(7)14-19-15-11/h4-6,9,13H,1,12H2,2-3H3. The van der Waals surface area contributed by atoms with Crippen molar-refractivity contribution in [3.63, 3.8) is 0 Å². The molecule has 0 fully saturated rings. The molecule has 9 heteroatoms. The number of nitrogens with two attached hydrogens (primary N) is 1. The van der Waals surface area contributed by atoms with Crippen molar-refractivity contribution in [2.45, 2.75) is 11.1 Å². The molecule has 0 aliphatic carbocycles. The fourth-order valence-electron chi connectivity index (χ4n) is 1.60. The first-order valence-electron chi connectivity index (χ1n) is 5.70. The summed E-state index contributed by atoms with van der Waals surface area (Å²) in [5.41, 5.74) is 6.67. The van der Waals surface area contributed by atoms with Crippen LogP contribution in [0.3, 0.4) is 0 Å². The molecule has 0 bridgehead atoms. The fraction of sp³-hybridized carbons (Fsp3) is 0.273. The molecule has 0 aliphatic heterocycles. The highest BCUT2D eigenvalue weighted by atomic mass is 32.2. The minimum Gasteiger partial charge on any atom is -0.365 e. The Morgan fingerprint density at radius 3 is 2.65 bits per heavy atom. The smallest absolute Gasteiger partial charge is 0.244 e. The lowest BCUT2D eigenvalue weighted by Crippen LogP contribution is -2.27. The third-order valence-electron chi connectivity index (χ3n) is 2.71. The number of nitrogens with one attached hydrogen (secondary N) is 1. The van der Waals surface area contributed by atoms with Gasteiger partial charge in [-0.3, -0.25) is 0 Å². The van der Waals surface area contributed by atoms with Gasteiger partial charge in [-0.05, 0) is 22.4 Å². The number of benzene rings is 1. The molecule has 0 spiro atoms. The minimum atomic E-state index is -3.63. The van der Waals surface area contributed by atoms with Gasteiger partial charge < -0.3 is 11.1 Å². The summed E-state index contributed by atoms with van der Waals surface area (Å²) < 4.78 is 30.1. The molecule has 1 atom stereocenters. The molecule has 1 aromatic carbocycles. The van der Waals surface area contributed by atoms with Crippen LogP contribution in [0.2, 0.25) is 0 Å². The molecule has 0 saturated carbocycles. The van der Waals surface area contributed by atoms with Crippen molar-refractivity contribution in [2.24, 2.45) is 5.73 Å². The van der Waals surface area contributed by atoms with Gasteiger partial charge in [-0.25, -0.2) is 17.4 Å². The van der Waals surface area contributed by atoms with Crippen molar-refractivity contribution < 1.29 is 13.0 Å². The summed E-state index contributed by atoms with van der Waals surface area (Å²) in [5, 5.41) is 10.3. The lowest BCUT2D eigenvalue weighted by atomic mass is 10.2. The van der Waals surface area contributed by atoms with E-state index in [9.17, 15) is 8.42 Å². The second kappa shape index (κ2) is 5.19. The summed E-state index contributed by atoms with van der Waals surface area (Å²) in [4.78, 5) is 0.0245. The highest BCUT2D eigenvalue weighted by Gasteiger charge is 2.24. The Labute approximate surface area is 116 Å². The van der Waals surface area contributed by atoms with Crippen LogP contribution < -0.4 is 11.1 Å². The topological polar surface area (TPSA) is 114 Å². The average molecular weight is 297 g/mol. The number of anilines is 1. The lowest BCUT2D eigenvalue weighted by Gasteiger charge is -2.14. The molecule has 1 unspecified atom stereocenters. The van der Waals surface area contributed by atoms with Crippen LogP contribution in [0.4, 0.5) is 5.69 Å². The molecule has 3 N–H and O–H groups in total. The number of hydrogen-bond acceptors (Lipinski definition) is 7. The van der Waals surface area contributed by atoms with E-state index in [-0.39, 0.29) is 10.4 Å². The SMILES string of the molecule is C=CC(N)Nc1ccc(S(=O)(=O)N(C)C)c2nonc12. The first-order valence-corrected chi connectivity index (χ1v) is 7.14. The Morgan fingerprint density at radius 1 is 1.40 bits per heavy atom. The average Bonchev–Trinajstić information content (AvgIpc) is 2.87. The molecule has 20 heavy (non-hydrogen) atoms. The van der Waals surface area contributed by atoms with E-state index in [1.165, 1.54) is 26.2 Å². The predicted octanol–water partition coefficient (Wildman–Crippen LogP) is 0.356. The Balaban J connectivity index is 2.61. The van der Waals surface area contributed by atoms with Gasteiger partial charge in [0, 0.05) is 14.1 Å². The molecule has 1 aromatic heterocycles. The Bertz CT molecular complexity index is 738.